The molecule has 0 aliphatic carbocycles. The van der Waals surface area contributed by atoms with Crippen LogP contribution in [0.1, 0.15) is 5.69 Å². The van der Waals surface area contributed by atoms with Crippen molar-refractivity contribution in [3.05, 3.63) is 34.2 Å². The van der Waals surface area contributed by atoms with E-state index in [0.717, 1.165) is 10.7 Å². The molecule has 0 aliphatic heterocycles. The normalized spacial score (nSPS) is 10.3. The molecule has 4 nitrogen and oxygen atoms in total. The van der Waals surface area contributed by atoms with Gasteiger partial charge in [-0.3, -0.25) is 0 Å². The molecule has 1 N–H and O–H groups in total. The topological polar surface area (TPSA) is 47.0 Å². The van der Waals surface area contributed by atoms with Gasteiger partial charge in [0.15, 0.2) is 0 Å². The highest BCUT2D eigenvalue weighted by atomic mass is 79.9. The maximum Gasteiger partial charge on any atom is 0.136 e. The van der Waals surface area contributed by atoms with Crippen LogP contribution in [-0.2, 0) is 6.61 Å². The van der Waals surface area contributed by atoms with E-state index in [4.69, 9.17) is 4.74 Å². The fraction of sp³-hybridized carbons (Fsp3) is 0.200. The number of nitrogens with one attached hydrogen (secondary N) is 1. The van der Waals surface area contributed by atoms with Crippen molar-refractivity contribution in [3.8, 4) is 5.75 Å². The number of benzene rings is 1. The van der Waals surface area contributed by atoms with Crippen molar-refractivity contribution in [1.82, 2.24) is 9.59 Å². The number of hydrogen-bond acceptors (Lipinski definition) is 5. The number of aromatic nitrogens is 2. The first-order valence-electron chi connectivity index (χ1n) is 4.77. The molecule has 0 saturated carbocycles. The zero-order chi connectivity index (χ0) is 12.3. The van der Waals surface area contributed by atoms with Crippen molar-refractivity contribution in [2.45, 2.75) is 6.61 Å². The summed E-state index contributed by atoms with van der Waals surface area (Å²) in [5.74, 6) is 0.261. The maximum absolute atomic E-state index is 12.9. The van der Waals surface area contributed by atoms with Crippen LogP contribution in [0.15, 0.2) is 22.7 Å². The fourth-order valence-electron chi connectivity index (χ4n) is 1.23. The fourth-order valence-corrected chi connectivity index (χ4v) is 2.21. The Balaban J connectivity index is 2.07. The Morgan fingerprint density at radius 3 is 3.06 bits per heavy atom. The Bertz CT molecular complexity index is 520. The van der Waals surface area contributed by atoms with Gasteiger partial charge in [-0.05, 0) is 34.1 Å². The van der Waals surface area contributed by atoms with Crippen LogP contribution in [0.2, 0.25) is 0 Å². The van der Waals surface area contributed by atoms with E-state index in [-0.39, 0.29) is 12.4 Å². The van der Waals surface area contributed by atoms with E-state index in [1.165, 1.54) is 23.7 Å². The molecular formula is C10H9BrFN3OS. The molecule has 90 valence electrons. The van der Waals surface area contributed by atoms with Crippen molar-refractivity contribution in [1.29, 1.82) is 0 Å². The van der Waals surface area contributed by atoms with E-state index < -0.39 is 0 Å². The van der Waals surface area contributed by atoms with Gasteiger partial charge >= 0.3 is 0 Å². The second-order valence-electron chi connectivity index (χ2n) is 3.16. The molecule has 0 spiro atoms. The summed E-state index contributed by atoms with van der Waals surface area (Å²) in [4.78, 5) is 0. The highest BCUT2D eigenvalue weighted by molar-refractivity contribution is 9.10. The molecule has 2 aromatic rings. The Kier molecular flexibility index (Phi) is 3.90. The first kappa shape index (κ1) is 12.3. The molecule has 7 heteroatoms. The summed E-state index contributed by atoms with van der Waals surface area (Å²) >= 11 is 4.50. The third-order valence-electron chi connectivity index (χ3n) is 2.04. The third-order valence-corrected chi connectivity index (χ3v) is 3.45. The number of anilines is 1. The molecule has 0 atom stereocenters. The van der Waals surface area contributed by atoms with Gasteiger partial charge in [0.1, 0.15) is 28.9 Å². The number of ether oxygens (including phenoxy) is 1. The predicted molar refractivity (Wildman–Crippen MR) is 67.9 cm³/mol. The number of rotatable bonds is 4. The summed E-state index contributed by atoms with van der Waals surface area (Å²) in [6.45, 7) is 0.289. The summed E-state index contributed by atoms with van der Waals surface area (Å²) in [6.07, 6.45) is 0. The summed E-state index contributed by atoms with van der Waals surface area (Å²) in [5.41, 5.74) is 0.730. The minimum absolute atomic E-state index is 0.289. The van der Waals surface area contributed by atoms with E-state index in [1.54, 1.807) is 13.1 Å². The van der Waals surface area contributed by atoms with Crippen molar-refractivity contribution in [2.75, 3.05) is 12.4 Å². The van der Waals surface area contributed by atoms with Gasteiger partial charge in [-0.25, -0.2) is 4.39 Å². The highest BCUT2D eigenvalue weighted by Gasteiger charge is 2.08. The number of hydrogen-bond donors (Lipinski definition) is 1. The lowest BCUT2D eigenvalue weighted by molar-refractivity contribution is 0.299. The molecule has 2 rings (SSSR count). The van der Waals surface area contributed by atoms with Crippen LogP contribution in [0.4, 0.5) is 9.39 Å². The third kappa shape index (κ3) is 2.92. The van der Waals surface area contributed by atoms with Crippen molar-refractivity contribution in [3.63, 3.8) is 0 Å². The van der Waals surface area contributed by atoms with Crippen LogP contribution in [0, 0.1) is 5.82 Å². The first-order chi connectivity index (χ1) is 8.20. The Labute approximate surface area is 110 Å². The van der Waals surface area contributed by atoms with Gasteiger partial charge in [-0.2, -0.15) is 0 Å². The molecule has 0 bridgehead atoms. The molecule has 0 fully saturated rings. The van der Waals surface area contributed by atoms with Crippen LogP contribution >= 0.6 is 27.5 Å². The van der Waals surface area contributed by atoms with E-state index >= 15 is 0 Å². The van der Waals surface area contributed by atoms with Gasteiger partial charge in [0.05, 0.1) is 4.47 Å². The van der Waals surface area contributed by atoms with Crippen molar-refractivity contribution >= 4 is 32.5 Å². The minimum Gasteiger partial charge on any atom is -0.486 e. The molecular weight excluding hydrogens is 309 g/mol. The van der Waals surface area contributed by atoms with E-state index in [1.807, 2.05) is 0 Å². The first-order valence-corrected chi connectivity index (χ1v) is 6.34. The van der Waals surface area contributed by atoms with Gasteiger partial charge in [-0.1, -0.05) is 4.49 Å². The minimum atomic E-state index is -0.310. The lowest BCUT2D eigenvalue weighted by Crippen LogP contribution is -2.00. The van der Waals surface area contributed by atoms with E-state index in [9.17, 15) is 4.39 Å². The lowest BCUT2D eigenvalue weighted by atomic mass is 10.3. The largest absolute Gasteiger partial charge is 0.486 e. The monoisotopic (exact) mass is 317 g/mol. The average Bonchev–Trinajstić information content (AvgIpc) is 2.75. The van der Waals surface area contributed by atoms with E-state index in [0.29, 0.717) is 10.2 Å². The molecule has 0 amide bonds. The highest BCUT2D eigenvalue weighted by Crippen LogP contribution is 2.27. The Morgan fingerprint density at radius 2 is 2.35 bits per heavy atom. The standard InChI is InChI=1S/C10H9BrFN3OS/c1-13-10-8(14-15-17-10)5-16-9-3-2-6(12)4-7(9)11/h2-4,13H,5H2,1H3. The zero-order valence-corrected chi connectivity index (χ0v) is 11.3. The van der Waals surface area contributed by atoms with Crippen LogP contribution in [0.25, 0.3) is 0 Å². The maximum atomic E-state index is 12.9. The summed E-state index contributed by atoms with van der Waals surface area (Å²) in [6, 6.07) is 4.27. The second kappa shape index (κ2) is 5.42. The van der Waals surface area contributed by atoms with Crippen LogP contribution in [0.5, 0.6) is 5.75 Å². The second-order valence-corrected chi connectivity index (χ2v) is 4.77. The Hall–Kier alpha value is -1.21. The molecule has 1 aromatic carbocycles. The van der Waals surface area contributed by atoms with Gasteiger partial charge < -0.3 is 10.1 Å². The van der Waals surface area contributed by atoms with Gasteiger partial charge in [0.2, 0.25) is 0 Å². The lowest BCUT2D eigenvalue weighted by Gasteiger charge is -2.07. The molecule has 1 heterocycles. The van der Waals surface area contributed by atoms with Gasteiger partial charge in [-0.15, -0.1) is 5.10 Å². The van der Waals surface area contributed by atoms with E-state index in [2.05, 4.69) is 30.8 Å². The van der Waals surface area contributed by atoms with Crippen LogP contribution in [0.3, 0.4) is 0 Å². The Morgan fingerprint density at radius 1 is 1.53 bits per heavy atom. The summed E-state index contributed by atoms with van der Waals surface area (Å²) in [5, 5.41) is 7.78. The predicted octanol–water partition coefficient (Wildman–Crippen LogP) is 3.06. The SMILES string of the molecule is CNc1snnc1COc1ccc(F)cc1Br. The zero-order valence-electron chi connectivity index (χ0n) is 8.91. The van der Waals surface area contributed by atoms with Gasteiger partial charge in [0.25, 0.3) is 0 Å². The average molecular weight is 318 g/mol. The van der Waals surface area contributed by atoms with Gasteiger partial charge in [0, 0.05) is 18.6 Å². The number of halogens is 2. The molecule has 0 aliphatic rings. The smallest absolute Gasteiger partial charge is 0.136 e. The molecule has 0 unspecified atom stereocenters. The molecule has 17 heavy (non-hydrogen) atoms. The summed E-state index contributed by atoms with van der Waals surface area (Å²) in [7, 11) is 1.80. The number of nitrogens with zero attached hydrogens (tertiary/aromatic N) is 2. The molecule has 0 saturated heterocycles. The van der Waals surface area contributed by atoms with Crippen LogP contribution < -0.4 is 10.1 Å². The van der Waals surface area contributed by atoms with Crippen molar-refractivity contribution < 1.29 is 9.13 Å². The molecule has 0 radical (unpaired) electrons. The van der Waals surface area contributed by atoms with Crippen molar-refractivity contribution in [2.24, 2.45) is 0 Å². The summed E-state index contributed by atoms with van der Waals surface area (Å²) < 4.78 is 22.8. The molecule has 1 aromatic heterocycles. The van der Waals surface area contributed by atoms with Crippen LogP contribution in [-0.4, -0.2) is 16.6 Å². The quantitative estimate of drug-likeness (QED) is 0.941.